The summed E-state index contributed by atoms with van der Waals surface area (Å²) in [5.41, 5.74) is 4.28. The summed E-state index contributed by atoms with van der Waals surface area (Å²) in [5.74, 6) is -0.0197. The van der Waals surface area contributed by atoms with E-state index in [0.717, 1.165) is 43.4 Å². The predicted octanol–water partition coefficient (Wildman–Crippen LogP) is 7.01. The van der Waals surface area contributed by atoms with Crippen LogP contribution in [0.3, 0.4) is 0 Å². The maximum absolute atomic E-state index is 13.8. The molecule has 4 rings (SSSR count). The molecule has 6 heteroatoms. The van der Waals surface area contributed by atoms with E-state index in [9.17, 15) is 9.59 Å². The second-order valence-corrected chi connectivity index (χ2v) is 10.7. The molecule has 1 saturated carbocycles. The molecule has 0 unspecified atom stereocenters. The second kappa shape index (κ2) is 12.7. The second-order valence-electron chi connectivity index (χ2n) is 9.66. The molecule has 5 nitrogen and oxygen atoms in total. The molecule has 1 fully saturated rings. The Morgan fingerprint density at radius 1 is 0.917 bits per heavy atom. The monoisotopic (exact) mass is 503 g/mol. The lowest BCUT2D eigenvalue weighted by atomic mass is 9.94. The summed E-state index contributed by atoms with van der Waals surface area (Å²) in [4.78, 5) is 32.2. The lowest BCUT2D eigenvalue weighted by Crippen LogP contribution is -2.49. The normalized spacial score (nSPS) is 13.8. The van der Waals surface area contributed by atoms with E-state index in [2.05, 4.69) is 30.6 Å². The molecular formula is C30H37N3O2S. The zero-order chi connectivity index (χ0) is 25.3. The maximum atomic E-state index is 13.8. The number of thiophene rings is 1. The topological polar surface area (TPSA) is 52.7 Å². The molecule has 0 bridgehead atoms. The van der Waals surface area contributed by atoms with Gasteiger partial charge in [0.15, 0.2) is 0 Å². The first-order valence-electron chi connectivity index (χ1n) is 13.0. The molecule has 3 aromatic rings. The van der Waals surface area contributed by atoms with Gasteiger partial charge in [-0.05, 0) is 66.5 Å². The smallest absolute Gasteiger partial charge is 0.322 e. The van der Waals surface area contributed by atoms with Crippen LogP contribution in [0.15, 0.2) is 66.0 Å². The Labute approximate surface area is 219 Å². The van der Waals surface area contributed by atoms with Crippen molar-refractivity contribution in [2.75, 3.05) is 11.9 Å². The van der Waals surface area contributed by atoms with Crippen molar-refractivity contribution in [1.29, 1.82) is 0 Å². The van der Waals surface area contributed by atoms with Crippen molar-refractivity contribution in [1.82, 2.24) is 9.80 Å². The summed E-state index contributed by atoms with van der Waals surface area (Å²) in [7, 11) is 0. The zero-order valence-electron chi connectivity index (χ0n) is 21.4. The van der Waals surface area contributed by atoms with Gasteiger partial charge >= 0.3 is 6.03 Å². The van der Waals surface area contributed by atoms with E-state index in [4.69, 9.17) is 0 Å². The van der Waals surface area contributed by atoms with Crippen molar-refractivity contribution in [2.45, 2.75) is 71.5 Å². The summed E-state index contributed by atoms with van der Waals surface area (Å²) in [6.07, 6.45) is 6.22. The number of carbonyl (C=O) groups is 2. The third kappa shape index (κ3) is 6.97. The molecule has 3 amide bonds. The van der Waals surface area contributed by atoms with Crippen LogP contribution in [0.2, 0.25) is 0 Å². The number of amides is 3. The summed E-state index contributed by atoms with van der Waals surface area (Å²) < 4.78 is 0. The largest absolute Gasteiger partial charge is 0.332 e. The fourth-order valence-electron chi connectivity index (χ4n) is 4.80. The van der Waals surface area contributed by atoms with E-state index in [0.29, 0.717) is 13.1 Å². The van der Waals surface area contributed by atoms with Crippen molar-refractivity contribution in [3.63, 3.8) is 0 Å². The molecule has 1 aliphatic carbocycles. The van der Waals surface area contributed by atoms with Gasteiger partial charge in [-0.15, -0.1) is 11.3 Å². The molecule has 190 valence electrons. The Morgan fingerprint density at radius 3 is 2.28 bits per heavy atom. The molecule has 1 heterocycles. The molecule has 0 radical (unpaired) electrons. The summed E-state index contributed by atoms with van der Waals surface area (Å²) in [5, 5.41) is 5.13. The molecule has 1 aliphatic rings. The van der Waals surface area contributed by atoms with Crippen LogP contribution >= 0.6 is 11.3 Å². The first-order valence-corrected chi connectivity index (χ1v) is 13.9. The third-order valence-electron chi connectivity index (χ3n) is 7.07. The molecule has 2 aromatic carbocycles. The number of rotatable bonds is 9. The minimum absolute atomic E-state index is 0.0197. The number of hydrogen-bond acceptors (Lipinski definition) is 3. The van der Waals surface area contributed by atoms with Gasteiger partial charge < -0.3 is 15.1 Å². The van der Waals surface area contributed by atoms with E-state index >= 15 is 0 Å². The minimum Gasteiger partial charge on any atom is -0.332 e. The maximum Gasteiger partial charge on any atom is 0.322 e. The molecule has 36 heavy (non-hydrogen) atoms. The van der Waals surface area contributed by atoms with Crippen molar-refractivity contribution in [3.8, 4) is 0 Å². The van der Waals surface area contributed by atoms with E-state index in [1.165, 1.54) is 22.4 Å². The number of aryl methyl sites for hydroxylation is 2. The van der Waals surface area contributed by atoms with Gasteiger partial charge in [0.25, 0.3) is 0 Å². The van der Waals surface area contributed by atoms with Gasteiger partial charge in [0.05, 0.1) is 6.54 Å². The van der Waals surface area contributed by atoms with Crippen LogP contribution in [-0.4, -0.2) is 34.3 Å². The standard InChI is InChI=1S/C30H37N3O2S/c1-3-24-14-16-26(17-15-24)31-30(35)33(27-12-8-5-9-13-27)22-29(34)32(20-25-10-6-4-7-11-25)21-28-23(2)18-19-36-28/h4,6-7,10-11,14-19,27H,3,5,8-9,12-13,20-22H2,1-2H3,(H,31,35). The Kier molecular flexibility index (Phi) is 9.17. The SMILES string of the molecule is CCc1ccc(NC(=O)N(CC(=O)N(Cc2ccccc2)Cc2sccc2C)C2CCCCC2)cc1. The van der Waals surface area contributed by atoms with Gasteiger partial charge in [-0.3, -0.25) is 4.79 Å². The lowest BCUT2D eigenvalue weighted by Gasteiger charge is -2.35. The molecule has 1 N–H and O–H groups in total. The van der Waals surface area contributed by atoms with Crippen LogP contribution in [0.5, 0.6) is 0 Å². The predicted molar refractivity (Wildman–Crippen MR) is 148 cm³/mol. The van der Waals surface area contributed by atoms with E-state index in [-0.39, 0.29) is 24.5 Å². The van der Waals surface area contributed by atoms with Gasteiger partial charge in [0.2, 0.25) is 5.91 Å². The van der Waals surface area contributed by atoms with E-state index in [1.807, 2.05) is 59.5 Å². The quantitative estimate of drug-likeness (QED) is 0.341. The molecule has 0 atom stereocenters. The average Bonchev–Trinajstić information content (AvgIpc) is 3.32. The van der Waals surface area contributed by atoms with Gasteiger partial charge in [0, 0.05) is 23.2 Å². The van der Waals surface area contributed by atoms with Crippen LogP contribution in [0.4, 0.5) is 10.5 Å². The molecule has 0 spiro atoms. The van der Waals surface area contributed by atoms with Crippen molar-refractivity contribution in [2.24, 2.45) is 0 Å². The van der Waals surface area contributed by atoms with Crippen molar-refractivity contribution >= 4 is 29.0 Å². The lowest BCUT2D eigenvalue weighted by molar-refractivity contribution is -0.133. The van der Waals surface area contributed by atoms with Gasteiger partial charge in [-0.25, -0.2) is 4.79 Å². The highest BCUT2D eigenvalue weighted by molar-refractivity contribution is 7.10. The van der Waals surface area contributed by atoms with Crippen LogP contribution in [0.25, 0.3) is 0 Å². The number of nitrogens with one attached hydrogen (secondary N) is 1. The van der Waals surface area contributed by atoms with Gasteiger partial charge in [0.1, 0.15) is 6.54 Å². The van der Waals surface area contributed by atoms with Crippen molar-refractivity contribution in [3.05, 3.63) is 87.6 Å². The molecule has 0 saturated heterocycles. The first kappa shape index (κ1) is 26.0. The minimum atomic E-state index is -0.188. The molecule has 0 aliphatic heterocycles. The van der Waals surface area contributed by atoms with E-state index in [1.54, 1.807) is 16.2 Å². The number of nitrogens with zero attached hydrogens (tertiary/aromatic N) is 2. The molecular weight excluding hydrogens is 466 g/mol. The summed E-state index contributed by atoms with van der Waals surface area (Å²) >= 11 is 1.68. The number of benzene rings is 2. The highest BCUT2D eigenvalue weighted by atomic mass is 32.1. The highest BCUT2D eigenvalue weighted by Gasteiger charge is 2.29. The highest BCUT2D eigenvalue weighted by Crippen LogP contribution is 2.25. The number of carbonyl (C=O) groups excluding carboxylic acids is 2. The van der Waals surface area contributed by atoms with Crippen LogP contribution in [-0.2, 0) is 24.3 Å². The fourth-order valence-corrected chi connectivity index (χ4v) is 5.72. The number of urea groups is 1. The third-order valence-corrected chi connectivity index (χ3v) is 8.07. The number of hydrogen-bond donors (Lipinski definition) is 1. The van der Waals surface area contributed by atoms with E-state index < -0.39 is 0 Å². The average molecular weight is 504 g/mol. The number of anilines is 1. The molecule has 1 aromatic heterocycles. The van der Waals surface area contributed by atoms with Crippen LogP contribution in [0, 0.1) is 6.92 Å². The Morgan fingerprint density at radius 2 is 1.64 bits per heavy atom. The fraction of sp³-hybridized carbons (Fsp3) is 0.400. The first-order chi connectivity index (χ1) is 17.5. The zero-order valence-corrected chi connectivity index (χ0v) is 22.2. The Balaban J connectivity index is 1.53. The Bertz CT molecular complexity index is 1120. The Hall–Kier alpha value is -3.12. The summed E-state index contributed by atoms with van der Waals surface area (Å²) in [6, 6.07) is 20.0. The van der Waals surface area contributed by atoms with Crippen molar-refractivity contribution < 1.29 is 9.59 Å². The van der Waals surface area contributed by atoms with Gasteiger partial charge in [-0.1, -0.05) is 68.7 Å². The summed E-state index contributed by atoms with van der Waals surface area (Å²) in [6.45, 7) is 5.36. The van der Waals surface area contributed by atoms with Gasteiger partial charge in [-0.2, -0.15) is 0 Å². The van der Waals surface area contributed by atoms with Crippen LogP contribution in [0.1, 0.15) is 60.6 Å². The van der Waals surface area contributed by atoms with Crippen LogP contribution < -0.4 is 5.32 Å².